The van der Waals surface area contributed by atoms with Gasteiger partial charge in [-0.1, -0.05) is 6.92 Å². The first-order valence-corrected chi connectivity index (χ1v) is 7.64. The zero-order valence-electron chi connectivity index (χ0n) is 12.6. The van der Waals surface area contributed by atoms with Gasteiger partial charge in [0.15, 0.2) is 5.82 Å². The number of hydrogen-bond donors (Lipinski definition) is 1. The number of nitrogens with zero attached hydrogens (tertiary/aromatic N) is 4. The Labute approximate surface area is 123 Å². The highest BCUT2D eigenvalue weighted by molar-refractivity contribution is 5.67. The number of aromatic nitrogens is 4. The highest BCUT2D eigenvalue weighted by Gasteiger charge is 2.44. The normalized spacial score (nSPS) is 34.0. The average molecular weight is 294 g/mol. The van der Waals surface area contributed by atoms with Crippen LogP contribution in [-0.4, -0.2) is 43.5 Å². The molecule has 7 nitrogen and oxygen atoms in total. The molecule has 116 valence electrons. The maximum Gasteiger partial charge on any atom is 0.305 e. The second-order valence-corrected chi connectivity index (χ2v) is 6.42. The zero-order valence-corrected chi connectivity index (χ0v) is 12.6. The van der Waals surface area contributed by atoms with Crippen molar-refractivity contribution in [3.63, 3.8) is 0 Å². The largest absolute Gasteiger partial charge is 0.481 e. The fourth-order valence-corrected chi connectivity index (χ4v) is 3.48. The van der Waals surface area contributed by atoms with Crippen molar-refractivity contribution in [1.29, 1.82) is 0 Å². The lowest BCUT2D eigenvalue weighted by Crippen LogP contribution is -2.25. The van der Waals surface area contributed by atoms with Crippen molar-refractivity contribution in [2.75, 3.05) is 0 Å². The fraction of sp³-hybridized carbons (Fsp3) is 0.857. The van der Waals surface area contributed by atoms with Gasteiger partial charge in [0.05, 0.1) is 30.6 Å². The topological polar surface area (TPSA) is 90.1 Å². The third-order valence-electron chi connectivity index (χ3n) is 4.92. The summed E-state index contributed by atoms with van der Waals surface area (Å²) in [6, 6.07) is -0.136. The lowest BCUT2D eigenvalue weighted by atomic mass is 9.88. The first-order chi connectivity index (χ1) is 9.99. The number of carboxylic acid groups (broad SMARTS) is 1. The van der Waals surface area contributed by atoms with Gasteiger partial charge in [-0.3, -0.25) is 4.79 Å². The van der Waals surface area contributed by atoms with E-state index < -0.39 is 5.97 Å². The minimum absolute atomic E-state index is 0.0458. The molecular formula is C14H22N4O3. The summed E-state index contributed by atoms with van der Waals surface area (Å²) in [6.07, 6.45) is 2.40. The van der Waals surface area contributed by atoms with Crippen LogP contribution in [-0.2, 0) is 9.53 Å². The summed E-state index contributed by atoms with van der Waals surface area (Å²) in [5.41, 5.74) is 0. The Bertz CT molecular complexity index is 528. The second-order valence-electron chi connectivity index (χ2n) is 6.42. The number of carboxylic acids is 1. The molecule has 2 fully saturated rings. The van der Waals surface area contributed by atoms with Crippen LogP contribution in [0.15, 0.2) is 0 Å². The molecule has 0 aromatic carbocycles. The smallest absolute Gasteiger partial charge is 0.305 e. The number of tetrazole rings is 1. The van der Waals surface area contributed by atoms with Gasteiger partial charge < -0.3 is 9.84 Å². The number of carbonyl (C=O) groups is 1. The molecule has 1 aromatic heterocycles. The number of hydrogen-bond acceptors (Lipinski definition) is 5. The summed E-state index contributed by atoms with van der Waals surface area (Å²) >= 11 is 0. The number of rotatable bonds is 5. The first-order valence-electron chi connectivity index (χ1n) is 7.64. The van der Waals surface area contributed by atoms with Crippen LogP contribution in [0.4, 0.5) is 0 Å². The van der Waals surface area contributed by atoms with E-state index in [0.717, 1.165) is 18.7 Å². The van der Waals surface area contributed by atoms with Crippen LogP contribution in [0.25, 0.3) is 0 Å². The van der Waals surface area contributed by atoms with Crippen LogP contribution in [0.2, 0.25) is 0 Å². The maximum atomic E-state index is 11.1. The Kier molecular flexibility index (Phi) is 3.69. The molecule has 3 rings (SSSR count). The highest BCUT2D eigenvalue weighted by Crippen LogP contribution is 2.44. The van der Waals surface area contributed by atoms with Crippen molar-refractivity contribution in [1.82, 2.24) is 20.2 Å². The van der Waals surface area contributed by atoms with Crippen LogP contribution in [0.5, 0.6) is 0 Å². The molecule has 0 bridgehead atoms. The summed E-state index contributed by atoms with van der Waals surface area (Å²) < 4.78 is 7.63. The minimum Gasteiger partial charge on any atom is -0.481 e. The molecule has 21 heavy (non-hydrogen) atoms. The van der Waals surface area contributed by atoms with Crippen LogP contribution < -0.4 is 0 Å². The summed E-state index contributed by atoms with van der Waals surface area (Å²) in [7, 11) is 0. The lowest BCUT2D eigenvalue weighted by molar-refractivity contribution is -0.138. The van der Waals surface area contributed by atoms with E-state index in [1.165, 1.54) is 0 Å². The molecule has 0 amide bonds. The van der Waals surface area contributed by atoms with E-state index in [1.54, 1.807) is 4.68 Å². The Balaban J connectivity index is 1.91. The molecule has 2 aliphatic rings. The van der Waals surface area contributed by atoms with Crippen molar-refractivity contribution in [3.05, 3.63) is 5.82 Å². The predicted molar refractivity (Wildman–Crippen MR) is 73.7 cm³/mol. The molecule has 1 aromatic rings. The van der Waals surface area contributed by atoms with Crippen LogP contribution in [0.3, 0.4) is 0 Å². The summed E-state index contributed by atoms with van der Waals surface area (Å²) in [5, 5.41) is 21.3. The van der Waals surface area contributed by atoms with E-state index in [2.05, 4.69) is 29.4 Å². The van der Waals surface area contributed by atoms with E-state index in [9.17, 15) is 4.79 Å². The number of ether oxygens (including phenoxy) is 1. The van der Waals surface area contributed by atoms with Crippen LogP contribution in [0.1, 0.15) is 57.8 Å². The molecule has 1 aliphatic heterocycles. The summed E-state index contributed by atoms with van der Waals surface area (Å²) in [4.78, 5) is 11.1. The summed E-state index contributed by atoms with van der Waals surface area (Å²) in [5.74, 6) is 0.788. The average Bonchev–Trinajstić information content (AvgIpc) is 3.09. The van der Waals surface area contributed by atoms with E-state index >= 15 is 0 Å². The van der Waals surface area contributed by atoms with Crippen LogP contribution >= 0.6 is 0 Å². The van der Waals surface area contributed by atoms with Gasteiger partial charge in [0, 0.05) is 0 Å². The van der Waals surface area contributed by atoms with Crippen LogP contribution in [0, 0.1) is 11.8 Å². The van der Waals surface area contributed by atoms with Crippen molar-refractivity contribution in [3.8, 4) is 0 Å². The third-order valence-corrected chi connectivity index (χ3v) is 4.92. The quantitative estimate of drug-likeness (QED) is 0.887. The van der Waals surface area contributed by atoms with E-state index in [-0.39, 0.29) is 30.6 Å². The molecule has 2 heterocycles. The van der Waals surface area contributed by atoms with Gasteiger partial charge in [0.2, 0.25) is 0 Å². The molecule has 5 atom stereocenters. The minimum atomic E-state index is -0.800. The second kappa shape index (κ2) is 5.36. The third kappa shape index (κ3) is 2.66. The highest BCUT2D eigenvalue weighted by atomic mass is 16.5. The van der Waals surface area contributed by atoms with Crippen molar-refractivity contribution >= 4 is 5.97 Å². The Morgan fingerprint density at radius 3 is 2.62 bits per heavy atom. The van der Waals surface area contributed by atoms with E-state index in [0.29, 0.717) is 11.8 Å². The standard InChI is InChI=1S/C14H22N4O3/c1-7-8(2)21-9(3)13(7)14-15-16-17-18(14)11(6-12(19)20)10-4-5-10/h7-11,13H,4-6H2,1-3H3,(H,19,20). The van der Waals surface area contributed by atoms with Gasteiger partial charge in [-0.05, 0) is 49.0 Å². The molecular weight excluding hydrogens is 272 g/mol. The van der Waals surface area contributed by atoms with Gasteiger partial charge in [0.1, 0.15) is 0 Å². The molecule has 1 saturated heterocycles. The molecule has 7 heteroatoms. The molecule has 5 unspecified atom stereocenters. The number of aliphatic carboxylic acids is 1. The molecule has 1 N–H and O–H groups in total. The lowest BCUT2D eigenvalue weighted by Gasteiger charge is -2.22. The Morgan fingerprint density at radius 2 is 2.10 bits per heavy atom. The van der Waals surface area contributed by atoms with Gasteiger partial charge in [-0.15, -0.1) is 5.10 Å². The van der Waals surface area contributed by atoms with Gasteiger partial charge in [-0.25, -0.2) is 4.68 Å². The van der Waals surface area contributed by atoms with Gasteiger partial charge in [-0.2, -0.15) is 0 Å². The van der Waals surface area contributed by atoms with E-state index in [1.807, 2.05) is 6.92 Å². The molecule has 1 saturated carbocycles. The molecule has 0 spiro atoms. The maximum absolute atomic E-state index is 11.1. The van der Waals surface area contributed by atoms with E-state index in [4.69, 9.17) is 9.84 Å². The zero-order chi connectivity index (χ0) is 15.1. The predicted octanol–water partition coefficient (Wildman–Crippen LogP) is 1.63. The first kappa shape index (κ1) is 14.4. The van der Waals surface area contributed by atoms with Gasteiger partial charge in [0.25, 0.3) is 0 Å². The SMILES string of the molecule is CC1OC(C)C(c2nnnn2C(CC(=O)O)C2CC2)C1C. The molecule has 0 radical (unpaired) electrons. The molecule has 1 aliphatic carbocycles. The van der Waals surface area contributed by atoms with Crippen molar-refractivity contribution < 1.29 is 14.6 Å². The van der Waals surface area contributed by atoms with Crippen molar-refractivity contribution in [2.24, 2.45) is 11.8 Å². The monoisotopic (exact) mass is 294 g/mol. The Morgan fingerprint density at radius 1 is 1.38 bits per heavy atom. The van der Waals surface area contributed by atoms with Gasteiger partial charge >= 0.3 is 5.97 Å². The summed E-state index contributed by atoms with van der Waals surface area (Å²) in [6.45, 7) is 6.24. The Hall–Kier alpha value is -1.50. The fourth-order valence-electron chi connectivity index (χ4n) is 3.48. The van der Waals surface area contributed by atoms with Crippen molar-refractivity contribution in [2.45, 2.75) is 64.2 Å².